The van der Waals surface area contributed by atoms with Gasteiger partial charge < -0.3 is 25.2 Å². The summed E-state index contributed by atoms with van der Waals surface area (Å²) in [5, 5.41) is 34.8. The van der Waals surface area contributed by atoms with Crippen molar-refractivity contribution >= 4 is 29.8 Å². The van der Waals surface area contributed by atoms with Gasteiger partial charge in [-0.3, -0.25) is 19.2 Å². The Morgan fingerprint density at radius 2 is 1.18 bits per heavy atom. The summed E-state index contributed by atoms with van der Waals surface area (Å²) >= 11 is 0. The summed E-state index contributed by atoms with van der Waals surface area (Å²) in [6.45, 7) is 0. The van der Waals surface area contributed by atoms with Crippen LogP contribution >= 0.6 is 0 Å². The van der Waals surface area contributed by atoms with E-state index in [0.29, 0.717) is 0 Å². The summed E-state index contributed by atoms with van der Waals surface area (Å²) in [7, 11) is 0. The van der Waals surface area contributed by atoms with Gasteiger partial charge in [-0.25, -0.2) is 4.79 Å². The highest BCUT2D eigenvalue weighted by Gasteiger charge is 2.47. The van der Waals surface area contributed by atoms with Crippen LogP contribution in [-0.2, 0) is 28.7 Å². The molecule has 10 heteroatoms. The van der Waals surface area contributed by atoms with Crippen LogP contribution in [0.4, 0.5) is 0 Å². The van der Waals surface area contributed by atoms with Gasteiger partial charge in [0.05, 0.1) is 12.8 Å². The van der Waals surface area contributed by atoms with Crippen molar-refractivity contribution in [2.24, 2.45) is 0 Å². The molecule has 22 heavy (non-hydrogen) atoms. The number of unbranched alkanes of at least 4 members (excludes halogenated alkanes) is 1. The summed E-state index contributed by atoms with van der Waals surface area (Å²) in [4.78, 5) is 54.4. The fourth-order valence-electron chi connectivity index (χ4n) is 1.63. The van der Waals surface area contributed by atoms with Crippen LogP contribution in [0.5, 0.6) is 0 Å². The van der Waals surface area contributed by atoms with Crippen LogP contribution in [0.3, 0.4) is 0 Å². The lowest BCUT2D eigenvalue weighted by atomic mass is 9.95. The van der Waals surface area contributed by atoms with Crippen molar-refractivity contribution in [2.45, 2.75) is 44.1 Å². The lowest BCUT2D eigenvalue weighted by Crippen LogP contribution is -2.47. The molecule has 0 bridgehead atoms. The number of hydrogen-bond donors (Lipinski definition) is 4. The largest absolute Gasteiger partial charge is 0.481 e. The monoisotopic (exact) mass is 320 g/mol. The van der Waals surface area contributed by atoms with E-state index < -0.39 is 48.3 Å². The number of carbonyl (C=O) groups is 5. The van der Waals surface area contributed by atoms with Gasteiger partial charge in [-0.2, -0.15) is 0 Å². The molecule has 10 nitrogen and oxygen atoms in total. The molecular weight excluding hydrogens is 304 g/mol. The third-order valence-corrected chi connectivity index (χ3v) is 2.59. The topological polar surface area (TPSA) is 175 Å². The Kier molecular flexibility index (Phi) is 7.56. The van der Waals surface area contributed by atoms with E-state index in [1.807, 2.05) is 0 Å². The first-order valence-corrected chi connectivity index (χ1v) is 6.19. The number of ether oxygens (including phenoxy) is 1. The molecule has 0 atom stereocenters. The number of rotatable bonds is 11. The minimum atomic E-state index is -2.69. The fourth-order valence-corrected chi connectivity index (χ4v) is 1.63. The summed E-state index contributed by atoms with van der Waals surface area (Å²) in [6.07, 6.45) is -2.71. The average Bonchev–Trinajstić information content (AvgIpc) is 2.32. The zero-order valence-electron chi connectivity index (χ0n) is 11.5. The zero-order chi connectivity index (χ0) is 17.3. The van der Waals surface area contributed by atoms with Crippen LogP contribution in [0.15, 0.2) is 0 Å². The van der Waals surface area contributed by atoms with E-state index in [0.717, 1.165) is 0 Å². The minimum Gasteiger partial charge on any atom is -0.481 e. The van der Waals surface area contributed by atoms with Crippen LogP contribution in [0.1, 0.15) is 38.5 Å². The fraction of sp³-hybridized carbons (Fsp3) is 0.583. The first kappa shape index (κ1) is 19.4. The third kappa shape index (κ3) is 7.22. The van der Waals surface area contributed by atoms with Gasteiger partial charge in [-0.15, -0.1) is 0 Å². The SMILES string of the molecule is O=C(O)CCCCC(=O)OC(CC(=O)O)(CC(=O)O)C(=O)O. The van der Waals surface area contributed by atoms with Crippen LogP contribution in [0.2, 0.25) is 0 Å². The van der Waals surface area contributed by atoms with E-state index in [1.165, 1.54) is 0 Å². The summed E-state index contributed by atoms with van der Waals surface area (Å²) in [5.41, 5.74) is -2.69. The Morgan fingerprint density at radius 3 is 1.55 bits per heavy atom. The predicted molar refractivity (Wildman–Crippen MR) is 67.1 cm³/mol. The lowest BCUT2D eigenvalue weighted by Gasteiger charge is -2.26. The zero-order valence-corrected chi connectivity index (χ0v) is 11.5. The van der Waals surface area contributed by atoms with Gasteiger partial charge in [-0.1, -0.05) is 0 Å². The highest BCUT2D eigenvalue weighted by atomic mass is 16.6. The van der Waals surface area contributed by atoms with E-state index in [-0.39, 0.29) is 25.7 Å². The molecule has 0 aromatic carbocycles. The van der Waals surface area contributed by atoms with Gasteiger partial charge in [0.15, 0.2) is 0 Å². The summed E-state index contributed by atoms with van der Waals surface area (Å²) < 4.78 is 4.58. The standard InChI is InChI=1S/C12H16O10/c13-7(14)3-1-2-4-10(19)22-12(11(20)21,5-8(15)16)6-9(17)18/h1-6H2,(H,13,14)(H,15,16)(H,17,18)(H,20,21). The maximum atomic E-state index is 11.6. The number of carbonyl (C=O) groups excluding carboxylic acids is 1. The Bertz CT molecular complexity index is 451. The molecule has 0 aromatic heterocycles. The molecule has 0 amide bonds. The molecule has 0 spiro atoms. The van der Waals surface area contributed by atoms with Crippen LogP contribution in [-0.4, -0.2) is 55.9 Å². The first-order chi connectivity index (χ1) is 10.1. The van der Waals surface area contributed by atoms with Crippen molar-refractivity contribution in [3.8, 4) is 0 Å². The van der Waals surface area contributed by atoms with Gasteiger partial charge in [0.2, 0.25) is 5.60 Å². The minimum absolute atomic E-state index is 0.0843. The van der Waals surface area contributed by atoms with Crippen LogP contribution < -0.4 is 0 Å². The number of carboxylic acids is 4. The maximum Gasteiger partial charge on any atom is 0.349 e. The maximum absolute atomic E-state index is 11.6. The molecule has 0 saturated carbocycles. The predicted octanol–water partition coefficient (Wildman–Crippen LogP) is -0.0526. The summed E-state index contributed by atoms with van der Waals surface area (Å²) in [6, 6.07) is 0. The molecule has 0 radical (unpaired) electrons. The molecule has 0 aliphatic heterocycles. The Labute approximate surface area is 124 Å². The van der Waals surface area contributed by atoms with Gasteiger partial charge in [0, 0.05) is 12.8 Å². The second kappa shape index (κ2) is 8.60. The molecule has 0 unspecified atom stereocenters. The van der Waals surface area contributed by atoms with Gasteiger partial charge in [0.1, 0.15) is 0 Å². The lowest BCUT2D eigenvalue weighted by molar-refractivity contribution is -0.186. The molecule has 0 rings (SSSR count). The summed E-state index contributed by atoms with van der Waals surface area (Å²) in [5.74, 6) is -7.32. The van der Waals surface area contributed by atoms with Crippen molar-refractivity contribution in [1.82, 2.24) is 0 Å². The second-order valence-electron chi connectivity index (χ2n) is 4.52. The van der Waals surface area contributed by atoms with Gasteiger partial charge >= 0.3 is 29.8 Å². The van der Waals surface area contributed by atoms with E-state index in [9.17, 15) is 24.0 Å². The molecular formula is C12H16O10. The van der Waals surface area contributed by atoms with Gasteiger partial charge in [-0.05, 0) is 12.8 Å². The second-order valence-corrected chi connectivity index (χ2v) is 4.52. The average molecular weight is 320 g/mol. The highest BCUT2D eigenvalue weighted by Crippen LogP contribution is 2.23. The van der Waals surface area contributed by atoms with E-state index in [2.05, 4.69) is 4.74 Å². The van der Waals surface area contributed by atoms with E-state index in [1.54, 1.807) is 0 Å². The molecule has 0 heterocycles. The Morgan fingerprint density at radius 1 is 0.727 bits per heavy atom. The van der Waals surface area contributed by atoms with E-state index in [4.69, 9.17) is 20.4 Å². The molecule has 0 aliphatic rings. The number of esters is 1. The smallest absolute Gasteiger partial charge is 0.349 e. The molecule has 0 saturated heterocycles. The molecule has 4 N–H and O–H groups in total. The van der Waals surface area contributed by atoms with Crippen molar-refractivity contribution in [2.75, 3.05) is 0 Å². The van der Waals surface area contributed by atoms with Crippen molar-refractivity contribution in [3.63, 3.8) is 0 Å². The van der Waals surface area contributed by atoms with Crippen molar-refractivity contribution in [1.29, 1.82) is 0 Å². The number of aliphatic carboxylic acids is 4. The molecule has 0 aromatic rings. The van der Waals surface area contributed by atoms with Crippen LogP contribution in [0.25, 0.3) is 0 Å². The van der Waals surface area contributed by atoms with Crippen LogP contribution in [0, 0.1) is 0 Å². The quantitative estimate of drug-likeness (QED) is 0.298. The third-order valence-electron chi connectivity index (χ3n) is 2.59. The Balaban J connectivity index is 4.84. The van der Waals surface area contributed by atoms with Crippen molar-refractivity contribution < 1.29 is 49.1 Å². The molecule has 0 fully saturated rings. The highest BCUT2D eigenvalue weighted by molar-refractivity contribution is 5.90. The number of carboxylic acid groups (broad SMARTS) is 4. The van der Waals surface area contributed by atoms with E-state index >= 15 is 0 Å². The first-order valence-electron chi connectivity index (χ1n) is 6.19. The molecule has 0 aliphatic carbocycles. The van der Waals surface area contributed by atoms with Gasteiger partial charge in [0.25, 0.3) is 0 Å². The number of hydrogen-bond acceptors (Lipinski definition) is 6. The molecule has 124 valence electrons. The van der Waals surface area contributed by atoms with Crippen molar-refractivity contribution in [3.05, 3.63) is 0 Å². The normalized spacial score (nSPS) is 10.7. The Hall–Kier alpha value is -2.65.